The van der Waals surface area contributed by atoms with Gasteiger partial charge in [0.25, 0.3) is 0 Å². The summed E-state index contributed by atoms with van der Waals surface area (Å²) in [7, 11) is 0. The molecule has 2 heterocycles. The standard InChI is InChI=1S/C42H68O15/c1-37(2)23-9-12-40(5)24(8-7-20-21-15-38(3,18-44)13-14-42(21,19-45)25(46)16-41(20,40)6)39(23,4)11-10-26(37)55-36-31(51)32(30(50)33(57-36)34(52)53)56-35-29(49)28(48)27(47)22(17-43)54-35/h7,21-33,35-36,43-51H,8-19H2,1-6H3,(H,52,53)/t21-,22-,23-,24+,25+,26-,27-,28+,29-,30+,31-,32+,33+,35+,36-,38+,39-,40+,41+,42-/m0/s1. The van der Waals surface area contributed by atoms with E-state index in [2.05, 4.69) is 47.6 Å². The van der Waals surface area contributed by atoms with Crippen molar-refractivity contribution in [2.75, 3.05) is 19.8 Å². The highest BCUT2D eigenvalue weighted by atomic mass is 16.7. The largest absolute Gasteiger partial charge is 0.479 e. The molecule has 2 aliphatic heterocycles. The Kier molecular flexibility index (Phi) is 11.5. The minimum atomic E-state index is -1.94. The zero-order valence-corrected chi connectivity index (χ0v) is 34.2. The van der Waals surface area contributed by atoms with Crippen molar-refractivity contribution in [1.29, 1.82) is 0 Å². The SMILES string of the molecule is CC1(C)[C@@H](O[C@H]2O[C@@H](C(=O)O)[C@H](O)[C@@H](O[C@H]3O[C@@H](CO)[C@H](O)[C@@H](O)[C@@H]3O)[C@@H]2O)CC[C@]2(C)[C@H]3CC=C4[C@@H]5C[C@](C)(CO)CC[C@@]5(CO)[C@H](O)C[C@@]4(C)[C@]3(C)CC[C@@H]12. The summed E-state index contributed by atoms with van der Waals surface area (Å²) >= 11 is 0. The second-order valence-electron chi connectivity index (χ2n) is 20.7. The Bertz CT molecular complexity index is 1540. The number of rotatable bonds is 8. The molecule has 5 aliphatic carbocycles. The molecule has 57 heavy (non-hydrogen) atoms. The number of carbonyl (C=O) groups is 1. The van der Waals surface area contributed by atoms with E-state index >= 15 is 0 Å². The molecular formula is C42H68O15. The molecule has 10 N–H and O–H groups in total. The lowest BCUT2D eigenvalue weighted by Crippen LogP contribution is -2.68. The molecule has 7 aliphatic rings. The van der Waals surface area contributed by atoms with Gasteiger partial charge in [-0.2, -0.15) is 0 Å². The quantitative estimate of drug-likeness (QED) is 0.120. The van der Waals surface area contributed by atoms with Gasteiger partial charge in [-0.1, -0.05) is 53.2 Å². The minimum Gasteiger partial charge on any atom is -0.479 e. The van der Waals surface area contributed by atoms with Crippen LogP contribution in [-0.2, 0) is 23.7 Å². The first-order chi connectivity index (χ1) is 26.6. The molecule has 6 fully saturated rings. The highest BCUT2D eigenvalue weighted by molar-refractivity contribution is 5.73. The minimum absolute atomic E-state index is 0.0328. The number of carboxylic acid groups (broad SMARTS) is 1. The molecule has 7 rings (SSSR count). The Morgan fingerprint density at radius 1 is 0.754 bits per heavy atom. The Balaban J connectivity index is 1.13. The monoisotopic (exact) mass is 812 g/mol. The lowest BCUT2D eigenvalue weighted by atomic mass is 9.33. The van der Waals surface area contributed by atoms with E-state index in [1.54, 1.807) is 0 Å². The molecule has 20 atom stereocenters. The Labute approximate surface area is 335 Å². The second kappa shape index (κ2) is 14.9. The molecule has 2 saturated heterocycles. The molecule has 0 bridgehead atoms. The fourth-order valence-corrected chi connectivity index (χ4v) is 13.8. The third-order valence-corrected chi connectivity index (χ3v) is 17.6. The number of aliphatic hydroxyl groups is 9. The van der Waals surface area contributed by atoms with Crippen LogP contribution in [0.5, 0.6) is 0 Å². The van der Waals surface area contributed by atoms with Crippen molar-refractivity contribution >= 4 is 5.97 Å². The molecule has 4 saturated carbocycles. The number of hydrogen-bond donors (Lipinski definition) is 10. The number of allylic oxidation sites excluding steroid dienone is 2. The molecule has 0 amide bonds. The summed E-state index contributed by atoms with van der Waals surface area (Å²) in [5.74, 6) is -1.18. The van der Waals surface area contributed by atoms with Gasteiger partial charge in [0, 0.05) is 12.0 Å². The van der Waals surface area contributed by atoms with Gasteiger partial charge in [-0.25, -0.2) is 4.79 Å². The Hall–Kier alpha value is -1.31. The number of aliphatic hydroxyl groups excluding tert-OH is 9. The maximum absolute atomic E-state index is 12.3. The first kappa shape index (κ1) is 43.8. The number of carboxylic acids is 1. The van der Waals surface area contributed by atoms with Gasteiger partial charge < -0.3 is 70.0 Å². The number of fused-ring (bicyclic) bond motifs is 7. The third kappa shape index (κ3) is 6.43. The average Bonchev–Trinajstić information content (AvgIpc) is 3.15. The van der Waals surface area contributed by atoms with Gasteiger partial charge in [-0.3, -0.25) is 0 Å². The summed E-state index contributed by atoms with van der Waals surface area (Å²) in [4.78, 5) is 12.3. The molecule has 0 radical (unpaired) electrons. The van der Waals surface area contributed by atoms with E-state index < -0.39 is 97.0 Å². The van der Waals surface area contributed by atoms with Gasteiger partial charge >= 0.3 is 5.97 Å². The summed E-state index contributed by atoms with van der Waals surface area (Å²) in [6.45, 7) is 12.7. The summed E-state index contributed by atoms with van der Waals surface area (Å²) in [5.41, 5.74) is -0.750. The van der Waals surface area contributed by atoms with Crippen LogP contribution in [0.25, 0.3) is 0 Å². The van der Waals surface area contributed by atoms with Crippen molar-refractivity contribution < 1.29 is 74.8 Å². The predicted molar refractivity (Wildman–Crippen MR) is 201 cm³/mol. The van der Waals surface area contributed by atoms with Crippen molar-refractivity contribution in [2.24, 2.45) is 50.2 Å². The molecule has 0 aromatic heterocycles. The maximum Gasteiger partial charge on any atom is 0.335 e. The zero-order valence-electron chi connectivity index (χ0n) is 34.2. The topological polar surface area (TPSA) is 256 Å². The van der Waals surface area contributed by atoms with Crippen LogP contribution in [0.15, 0.2) is 11.6 Å². The Morgan fingerprint density at radius 2 is 1.44 bits per heavy atom. The molecular weight excluding hydrogens is 744 g/mol. The molecule has 0 unspecified atom stereocenters. The molecule has 0 aromatic rings. The van der Waals surface area contributed by atoms with Crippen LogP contribution in [0, 0.1) is 50.2 Å². The summed E-state index contributed by atoms with van der Waals surface area (Å²) in [6, 6.07) is 0. The Morgan fingerprint density at radius 3 is 2.07 bits per heavy atom. The smallest absolute Gasteiger partial charge is 0.335 e. The highest BCUT2D eigenvalue weighted by Crippen LogP contribution is 2.76. The van der Waals surface area contributed by atoms with E-state index in [0.29, 0.717) is 19.3 Å². The van der Waals surface area contributed by atoms with Crippen molar-refractivity contribution in [2.45, 2.75) is 173 Å². The van der Waals surface area contributed by atoms with Crippen LogP contribution in [0.4, 0.5) is 0 Å². The lowest BCUT2D eigenvalue weighted by molar-refractivity contribution is -0.365. The van der Waals surface area contributed by atoms with Gasteiger partial charge in [-0.15, -0.1) is 0 Å². The van der Waals surface area contributed by atoms with Crippen molar-refractivity contribution in [1.82, 2.24) is 0 Å². The highest BCUT2D eigenvalue weighted by Gasteiger charge is 2.70. The summed E-state index contributed by atoms with van der Waals surface area (Å²) < 4.78 is 23.5. The molecule has 0 spiro atoms. The van der Waals surface area contributed by atoms with Crippen LogP contribution in [0.2, 0.25) is 0 Å². The van der Waals surface area contributed by atoms with Gasteiger partial charge in [0.1, 0.15) is 42.7 Å². The van der Waals surface area contributed by atoms with Crippen molar-refractivity contribution in [3.8, 4) is 0 Å². The van der Waals surface area contributed by atoms with Crippen LogP contribution in [0.1, 0.15) is 99.3 Å². The second-order valence-corrected chi connectivity index (χ2v) is 20.7. The first-order valence-electron chi connectivity index (χ1n) is 21.1. The number of hydrogen-bond acceptors (Lipinski definition) is 14. The van der Waals surface area contributed by atoms with Crippen LogP contribution in [-0.4, -0.2) is 150 Å². The van der Waals surface area contributed by atoms with E-state index in [1.807, 2.05) is 0 Å². The van der Waals surface area contributed by atoms with Crippen molar-refractivity contribution in [3.05, 3.63) is 11.6 Å². The number of ether oxygens (including phenoxy) is 4. The van der Waals surface area contributed by atoms with E-state index in [-0.39, 0.29) is 52.6 Å². The van der Waals surface area contributed by atoms with Crippen LogP contribution in [0.3, 0.4) is 0 Å². The molecule has 15 heteroatoms. The number of aliphatic carboxylic acids is 1. The van der Waals surface area contributed by atoms with Crippen LogP contribution < -0.4 is 0 Å². The molecule has 0 aromatic carbocycles. The van der Waals surface area contributed by atoms with E-state index in [1.165, 1.54) is 5.57 Å². The zero-order chi connectivity index (χ0) is 41.8. The fraction of sp³-hybridized carbons (Fsp3) is 0.929. The third-order valence-electron chi connectivity index (χ3n) is 17.6. The molecule has 15 nitrogen and oxygen atoms in total. The maximum atomic E-state index is 12.3. The van der Waals surface area contributed by atoms with Gasteiger partial charge in [0.05, 0.1) is 25.4 Å². The van der Waals surface area contributed by atoms with Crippen molar-refractivity contribution in [3.63, 3.8) is 0 Å². The molecule has 326 valence electrons. The van der Waals surface area contributed by atoms with Crippen LogP contribution >= 0.6 is 0 Å². The van der Waals surface area contributed by atoms with Gasteiger partial charge in [0.2, 0.25) is 0 Å². The normalized spacial score (nSPS) is 54.7. The van der Waals surface area contributed by atoms with E-state index in [0.717, 1.165) is 38.5 Å². The van der Waals surface area contributed by atoms with Gasteiger partial charge in [-0.05, 0) is 103 Å². The van der Waals surface area contributed by atoms with E-state index in [4.69, 9.17) is 18.9 Å². The van der Waals surface area contributed by atoms with E-state index in [9.17, 15) is 55.9 Å². The summed E-state index contributed by atoms with van der Waals surface area (Å²) in [6.07, 6.45) is -9.47. The average molecular weight is 813 g/mol. The fourth-order valence-electron chi connectivity index (χ4n) is 13.8. The predicted octanol–water partition coefficient (Wildman–Crippen LogP) is 0.825. The lowest BCUT2D eigenvalue weighted by Gasteiger charge is -2.72. The summed E-state index contributed by atoms with van der Waals surface area (Å²) in [5, 5.41) is 107. The van der Waals surface area contributed by atoms with Gasteiger partial charge in [0.15, 0.2) is 18.7 Å². The first-order valence-corrected chi connectivity index (χ1v) is 21.1.